The minimum absolute atomic E-state index is 0.292. The topological polar surface area (TPSA) is 59.4 Å². The molecule has 0 saturated carbocycles. The molecule has 0 saturated heterocycles. The summed E-state index contributed by atoms with van der Waals surface area (Å²) in [6, 6.07) is 9.87. The zero-order valence-corrected chi connectivity index (χ0v) is 15.6. The Labute approximate surface area is 149 Å². The number of para-hydroxylation sites is 1. The molecule has 1 aliphatic heterocycles. The number of benzene rings is 1. The summed E-state index contributed by atoms with van der Waals surface area (Å²) in [7, 11) is 0. The van der Waals surface area contributed by atoms with E-state index in [0.717, 1.165) is 21.7 Å². The number of amides is 1. The monoisotopic (exact) mass is 392 g/mol. The highest BCUT2D eigenvalue weighted by Gasteiger charge is 2.29. The Morgan fingerprint density at radius 1 is 1.25 bits per heavy atom. The molecule has 1 aromatic heterocycles. The van der Waals surface area contributed by atoms with Crippen LogP contribution in [0.5, 0.6) is 0 Å². The summed E-state index contributed by atoms with van der Waals surface area (Å²) in [5, 5.41) is 7.89. The molecule has 128 valence electrons. The van der Waals surface area contributed by atoms with Gasteiger partial charge in [-0.15, -0.1) is 0 Å². The van der Waals surface area contributed by atoms with Gasteiger partial charge in [0.15, 0.2) is 5.82 Å². The summed E-state index contributed by atoms with van der Waals surface area (Å²) in [5.41, 5.74) is 1.44. The molecule has 1 aromatic carbocycles. The van der Waals surface area contributed by atoms with Crippen LogP contribution in [0.2, 0.25) is 0 Å². The number of halogens is 1. The maximum Gasteiger partial charge on any atom is 0.410 e. The Kier molecular flexibility index (Phi) is 4.54. The fraction of sp³-hybridized carbons (Fsp3) is 0.412. The number of carbonyl (C=O) groups is 1. The molecular weight excluding hydrogens is 372 g/mol. The van der Waals surface area contributed by atoms with Gasteiger partial charge in [-0.3, -0.25) is 4.68 Å². The highest BCUT2D eigenvalue weighted by Crippen LogP contribution is 2.31. The molecular formula is C17H21BrN4O2. The molecule has 0 unspecified atom stereocenters. The molecule has 7 heteroatoms. The first-order valence-electron chi connectivity index (χ1n) is 7.89. The number of hydrogen-bond acceptors (Lipinski definition) is 4. The largest absolute Gasteiger partial charge is 0.444 e. The van der Waals surface area contributed by atoms with E-state index in [0.29, 0.717) is 19.6 Å². The van der Waals surface area contributed by atoms with Crippen LogP contribution in [0, 0.1) is 0 Å². The van der Waals surface area contributed by atoms with Crippen molar-refractivity contribution in [1.29, 1.82) is 0 Å². The van der Waals surface area contributed by atoms with Gasteiger partial charge in [0.25, 0.3) is 0 Å². The first-order valence-corrected chi connectivity index (χ1v) is 8.68. The summed E-state index contributed by atoms with van der Waals surface area (Å²) < 4.78 is 8.26. The van der Waals surface area contributed by atoms with E-state index in [1.165, 1.54) is 0 Å². The third-order valence-corrected chi connectivity index (χ3v) is 4.44. The summed E-state index contributed by atoms with van der Waals surface area (Å²) in [5.74, 6) is 0.752. The lowest BCUT2D eigenvalue weighted by Crippen LogP contribution is -2.41. The zero-order chi connectivity index (χ0) is 17.3. The normalized spacial score (nSPS) is 14.2. The standard InChI is InChI=1S/C17H21BrN4O2/c1-17(2,3)24-16(23)21-9-10-22-13(11-21)14(18)15(20-22)19-12-7-5-4-6-8-12/h4-8H,9-11H2,1-3H3,(H,19,20). The van der Waals surface area contributed by atoms with Crippen molar-refractivity contribution in [1.82, 2.24) is 14.7 Å². The molecule has 1 N–H and O–H groups in total. The Balaban J connectivity index is 1.76. The van der Waals surface area contributed by atoms with Crippen LogP contribution in [-0.4, -0.2) is 32.9 Å². The SMILES string of the molecule is CC(C)(C)OC(=O)N1CCn2nc(Nc3ccccc3)c(Br)c2C1. The van der Waals surface area contributed by atoms with Crippen LogP contribution < -0.4 is 5.32 Å². The van der Waals surface area contributed by atoms with E-state index in [1.807, 2.05) is 55.8 Å². The second kappa shape index (κ2) is 6.47. The number of carbonyl (C=O) groups excluding carboxylic acids is 1. The summed E-state index contributed by atoms with van der Waals surface area (Å²) >= 11 is 3.61. The van der Waals surface area contributed by atoms with Crippen LogP contribution >= 0.6 is 15.9 Å². The molecule has 0 atom stereocenters. The Morgan fingerprint density at radius 2 is 1.96 bits per heavy atom. The second-order valence-electron chi connectivity index (χ2n) is 6.73. The number of rotatable bonds is 2. The fourth-order valence-electron chi connectivity index (χ4n) is 2.51. The average molecular weight is 393 g/mol. The van der Waals surface area contributed by atoms with Gasteiger partial charge in [0.05, 0.1) is 23.3 Å². The van der Waals surface area contributed by atoms with Gasteiger partial charge in [-0.2, -0.15) is 5.10 Å². The van der Waals surface area contributed by atoms with Gasteiger partial charge in [0.2, 0.25) is 0 Å². The van der Waals surface area contributed by atoms with E-state index in [9.17, 15) is 4.79 Å². The van der Waals surface area contributed by atoms with Crippen LogP contribution in [-0.2, 0) is 17.8 Å². The van der Waals surface area contributed by atoms with Crippen LogP contribution in [0.1, 0.15) is 26.5 Å². The van der Waals surface area contributed by atoms with Gasteiger partial charge in [0.1, 0.15) is 5.60 Å². The van der Waals surface area contributed by atoms with Gasteiger partial charge >= 0.3 is 6.09 Å². The molecule has 1 amide bonds. The van der Waals surface area contributed by atoms with Crippen molar-refractivity contribution in [2.24, 2.45) is 0 Å². The molecule has 1 aliphatic rings. The molecule has 0 spiro atoms. The molecule has 3 rings (SSSR count). The smallest absolute Gasteiger partial charge is 0.410 e. The van der Waals surface area contributed by atoms with Gasteiger partial charge in [-0.25, -0.2) is 4.79 Å². The molecule has 0 bridgehead atoms. The van der Waals surface area contributed by atoms with Crippen molar-refractivity contribution >= 4 is 33.5 Å². The van der Waals surface area contributed by atoms with E-state index < -0.39 is 5.60 Å². The summed E-state index contributed by atoms with van der Waals surface area (Å²) in [6.07, 6.45) is -0.292. The maximum absolute atomic E-state index is 12.3. The molecule has 2 aromatic rings. The number of hydrogen-bond donors (Lipinski definition) is 1. The van der Waals surface area contributed by atoms with Gasteiger partial charge in [0, 0.05) is 12.2 Å². The average Bonchev–Trinajstić information content (AvgIpc) is 2.82. The first-order chi connectivity index (χ1) is 11.3. The summed E-state index contributed by atoms with van der Waals surface area (Å²) in [4.78, 5) is 14.0. The highest BCUT2D eigenvalue weighted by atomic mass is 79.9. The molecule has 0 radical (unpaired) electrons. The van der Waals surface area contributed by atoms with Crippen molar-refractivity contribution in [3.63, 3.8) is 0 Å². The third kappa shape index (κ3) is 3.72. The third-order valence-electron chi connectivity index (χ3n) is 3.60. The quantitative estimate of drug-likeness (QED) is 0.833. The van der Waals surface area contributed by atoms with Crippen molar-refractivity contribution in [3.05, 3.63) is 40.5 Å². The van der Waals surface area contributed by atoms with Crippen molar-refractivity contribution < 1.29 is 9.53 Å². The number of nitrogens with one attached hydrogen (secondary N) is 1. The molecule has 6 nitrogen and oxygen atoms in total. The lowest BCUT2D eigenvalue weighted by molar-refractivity contribution is 0.0194. The number of nitrogens with zero attached hydrogens (tertiary/aromatic N) is 3. The Bertz CT molecular complexity index is 737. The van der Waals surface area contributed by atoms with Crippen LogP contribution in [0.25, 0.3) is 0 Å². The predicted molar refractivity (Wildman–Crippen MR) is 96.3 cm³/mol. The Hall–Kier alpha value is -2.02. The van der Waals surface area contributed by atoms with E-state index >= 15 is 0 Å². The minimum atomic E-state index is -0.494. The Morgan fingerprint density at radius 3 is 2.62 bits per heavy atom. The first kappa shape index (κ1) is 16.8. The van der Waals surface area contributed by atoms with Crippen LogP contribution in [0.15, 0.2) is 34.8 Å². The second-order valence-corrected chi connectivity index (χ2v) is 7.52. The fourth-order valence-corrected chi connectivity index (χ4v) is 3.02. The van der Waals surface area contributed by atoms with E-state index in [-0.39, 0.29) is 6.09 Å². The number of aromatic nitrogens is 2. The predicted octanol–water partition coefficient (Wildman–Crippen LogP) is 4.14. The maximum atomic E-state index is 12.3. The zero-order valence-electron chi connectivity index (χ0n) is 14.0. The van der Waals surface area contributed by atoms with Crippen LogP contribution in [0.3, 0.4) is 0 Å². The van der Waals surface area contributed by atoms with Crippen LogP contribution in [0.4, 0.5) is 16.3 Å². The lowest BCUT2D eigenvalue weighted by atomic mass is 10.2. The number of ether oxygens (including phenoxy) is 1. The highest BCUT2D eigenvalue weighted by molar-refractivity contribution is 9.10. The molecule has 2 heterocycles. The number of fused-ring (bicyclic) bond motifs is 1. The lowest BCUT2D eigenvalue weighted by Gasteiger charge is -2.30. The molecule has 0 aliphatic carbocycles. The number of anilines is 2. The van der Waals surface area contributed by atoms with E-state index in [2.05, 4.69) is 26.3 Å². The van der Waals surface area contributed by atoms with E-state index in [1.54, 1.807) is 4.90 Å². The van der Waals surface area contributed by atoms with E-state index in [4.69, 9.17) is 4.74 Å². The van der Waals surface area contributed by atoms with Crippen molar-refractivity contribution in [2.45, 2.75) is 39.5 Å². The molecule has 24 heavy (non-hydrogen) atoms. The van der Waals surface area contributed by atoms with Crippen molar-refractivity contribution in [3.8, 4) is 0 Å². The van der Waals surface area contributed by atoms with Crippen molar-refractivity contribution in [2.75, 3.05) is 11.9 Å². The van der Waals surface area contributed by atoms with Gasteiger partial charge in [-0.1, -0.05) is 18.2 Å². The molecule has 0 fully saturated rings. The summed E-state index contributed by atoms with van der Waals surface area (Å²) in [6.45, 7) is 7.31. The minimum Gasteiger partial charge on any atom is -0.444 e. The van der Waals surface area contributed by atoms with Gasteiger partial charge < -0.3 is 15.0 Å². The van der Waals surface area contributed by atoms with Gasteiger partial charge in [-0.05, 0) is 48.8 Å².